The number of fused-ring (bicyclic) bond motifs is 1. The van der Waals surface area contributed by atoms with Crippen LogP contribution in [0, 0.1) is 6.92 Å². The molecule has 0 saturated heterocycles. The summed E-state index contributed by atoms with van der Waals surface area (Å²) in [6, 6.07) is 3.80. The summed E-state index contributed by atoms with van der Waals surface area (Å²) >= 11 is 1.33. The van der Waals surface area contributed by atoms with Crippen LogP contribution >= 0.6 is 11.5 Å². The minimum absolute atomic E-state index is 0.0897. The molecule has 0 aliphatic heterocycles. The highest BCUT2D eigenvalue weighted by molar-refractivity contribution is 7.10. The van der Waals surface area contributed by atoms with Crippen LogP contribution in [-0.2, 0) is 11.8 Å². The van der Waals surface area contributed by atoms with Crippen LogP contribution in [0.4, 0.5) is 16.8 Å². The van der Waals surface area contributed by atoms with E-state index in [4.69, 9.17) is 5.21 Å². The van der Waals surface area contributed by atoms with Gasteiger partial charge >= 0.3 is 0 Å². The Morgan fingerprint density at radius 1 is 1.34 bits per heavy atom. The van der Waals surface area contributed by atoms with Crippen LogP contribution in [0.2, 0.25) is 0 Å². The summed E-state index contributed by atoms with van der Waals surface area (Å²) < 4.78 is 7.89. The van der Waals surface area contributed by atoms with E-state index in [-0.39, 0.29) is 13.0 Å². The molecule has 4 aromatic rings. The molecule has 0 aliphatic rings. The molecule has 150 valence electrons. The first kappa shape index (κ1) is 18.8. The highest BCUT2D eigenvalue weighted by Gasteiger charge is 2.15. The van der Waals surface area contributed by atoms with E-state index in [1.807, 2.05) is 43.1 Å². The van der Waals surface area contributed by atoms with Gasteiger partial charge in [0.25, 0.3) is 0 Å². The predicted molar refractivity (Wildman–Crippen MR) is 109 cm³/mol. The number of hydrogen-bond acceptors (Lipinski definition) is 9. The molecule has 0 bridgehead atoms. The molecule has 4 rings (SSSR count). The van der Waals surface area contributed by atoms with Crippen LogP contribution < -0.4 is 16.1 Å². The largest absolute Gasteiger partial charge is 0.368 e. The Hall–Kier alpha value is -3.51. The van der Waals surface area contributed by atoms with E-state index in [2.05, 4.69) is 30.1 Å². The molecule has 11 nitrogen and oxygen atoms in total. The number of rotatable bonds is 7. The van der Waals surface area contributed by atoms with Gasteiger partial charge in [-0.05, 0) is 30.6 Å². The smallest absolute Gasteiger partial charge is 0.245 e. The lowest BCUT2D eigenvalue weighted by molar-refractivity contribution is -0.128. The van der Waals surface area contributed by atoms with Crippen LogP contribution in [0.3, 0.4) is 0 Å². The molecule has 4 aromatic heterocycles. The van der Waals surface area contributed by atoms with Crippen molar-refractivity contribution in [2.45, 2.75) is 13.3 Å². The molecule has 0 aromatic carbocycles. The van der Waals surface area contributed by atoms with Crippen molar-refractivity contribution in [1.29, 1.82) is 0 Å². The fourth-order valence-electron chi connectivity index (χ4n) is 2.86. The van der Waals surface area contributed by atoms with E-state index in [1.54, 1.807) is 16.4 Å². The number of aryl methyl sites for hydroxylation is 2. The van der Waals surface area contributed by atoms with Crippen molar-refractivity contribution < 1.29 is 10.0 Å². The Morgan fingerprint density at radius 3 is 2.90 bits per heavy atom. The Bertz CT molecular complexity index is 1160. The third-order valence-corrected chi connectivity index (χ3v) is 4.93. The number of aromatic nitrogens is 6. The average molecular weight is 413 g/mol. The highest BCUT2D eigenvalue weighted by atomic mass is 32.1. The zero-order valence-corrected chi connectivity index (χ0v) is 16.6. The van der Waals surface area contributed by atoms with Crippen LogP contribution in [-0.4, -0.2) is 46.3 Å². The number of hydrogen-bond donors (Lipinski definition) is 4. The summed E-state index contributed by atoms with van der Waals surface area (Å²) in [7, 11) is 1.84. The second-order valence-corrected chi connectivity index (χ2v) is 7.16. The average Bonchev–Trinajstić information content (AvgIpc) is 3.41. The molecular formula is C17H19N9O2S. The van der Waals surface area contributed by atoms with Gasteiger partial charge in [-0.2, -0.15) is 14.5 Å². The number of nitrogens with one attached hydrogen (secondary N) is 3. The number of anilines is 3. The maximum Gasteiger partial charge on any atom is 0.245 e. The van der Waals surface area contributed by atoms with Crippen molar-refractivity contribution in [1.82, 2.24) is 34.2 Å². The Labute approximate surface area is 169 Å². The lowest BCUT2D eigenvalue weighted by Gasteiger charge is -2.11. The Morgan fingerprint density at radius 2 is 2.21 bits per heavy atom. The van der Waals surface area contributed by atoms with E-state index < -0.39 is 5.91 Å². The summed E-state index contributed by atoms with van der Waals surface area (Å²) in [5.74, 6) is 0.487. The summed E-state index contributed by atoms with van der Waals surface area (Å²) in [5, 5.41) is 20.1. The van der Waals surface area contributed by atoms with Crippen LogP contribution in [0.5, 0.6) is 0 Å². The lowest BCUT2D eigenvalue weighted by Crippen LogP contribution is -2.21. The first-order valence-electron chi connectivity index (χ1n) is 8.79. The van der Waals surface area contributed by atoms with E-state index in [0.717, 1.165) is 27.4 Å². The van der Waals surface area contributed by atoms with Gasteiger partial charge < -0.3 is 15.2 Å². The zero-order valence-electron chi connectivity index (χ0n) is 15.7. The quantitative estimate of drug-likeness (QED) is 0.267. The molecule has 12 heteroatoms. The van der Waals surface area contributed by atoms with Gasteiger partial charge in [-0.25, -0.2) is 10.5 Å². The predicted octanol–water partition coefficient (Wildman–Crippen LogP) is 1.97. The van der Waals surface area contributed by atoms with Crippen molar-refractivity contribution in [2.24, 2.45) is 7.05 Å². The maximum atomic E-state index is 11.3. The van der Waals surface area contributed by atoms with Crippen LogP contribution in [0.1, 0.15) is 12.1 Å². The van der Waals surface area contributed by atoms with E-state index >= 15 is 0 Å². The molecule has 0 radical (unpaired) electrons. The van der Waals surface area contributed by atoms with Crippen molar-refractivity contribution in [2.75, 3.05) is 17.2 Å². The van der Waals surface area contributed by atoms with E-state index in [1.165, 1.54) is 11.5 Å². The number of hydroxylamine groups is 1. The van der Waals surface area contributed by atoms with Gasteiger partial charge in [0, 0.05) is 32.4 Å². The van der Waals surface area contributed by atoms with Gasteiger partial charge in [-0.1, -0.05) is 0 Å². The van der Waals surface area contributed by atoms with Crippen molar-refractivity contribution in [3.05, 3.63) is 36.4 Å². The number of amides is 1. The van der Waals surface area contributed by atoms with E-state index in [9.17, 15) is 4.79 Å². The fourth-order valence-corrected chi connectivity index (χ4v) is 3.51. The summed E-state index contributed by atoms with van der Waals surface area (Å²) in [6.45, 7) is 2.20. The SMILES string of the molecule is Cc1cc(Nc2nc(NCCC(=O)NO)c3c(ccn3-c3cnn(C)c3)n2)sn1. The fraction of sp³-hybridized carbons (Fsp3) is 0.235. The first-order chi connectivity index (χ1) is 14.0. The van der Waals surface area contributed by atoms with Gasteiger partial charge in [0.05, 0.1) is 23.1 Å². The molecule has 0 unspecified atom stereocenters. The monoisotopic (exact) mass is 413 g/mol. The van der Waals surface area contributed by atoms with Gasteiger partial charge in [-0.3, -0.25) is 14.7 Å². The van der Waals surface area contributed by atoms with Gasteiger partial charge in [0.15, 0.2) is 5.82 Å². The van der Waals surface area contributed by atoms with Crippen molar-refractivity contribution in [3.63, 3.8) is 0 Å². The molecule has 0 saturated carbocycles. The Balaban J connectivity index is 1.72. The summed E-state index contributed by atoms with van der Waals surface area (Å²) in [5.41, 5.74) is 4.88. The standard InChI is InChI=1S/C17H19N9O2S/c1-10-7-14(29-24-10)21-17-20-12-4-6-26(11-8-19-25(2)9-11)15(12)16(22-17)18-5-3-13(27)23-28/h4,6-9,28H,3,5H2,1-2H3,(H,23,27)(H2,18,20,21,22). The second kappa shape index (κ2) is 7.85. The Kier molecular flexibility index (Phi) is 5.10. The summed E-state index contributed by atoms with van der Waals surface area (Å²) in [6.07, 6.45) is 5.61. The number of carbonyl (C=O) groups excluding carboxylic acids is 1. The topological polar surface area (TPSA) is 135 Å². The molecular weight excluding hydrogens is 394 g/mol. The minimum Gasteiger partial charge on any atom is -0.368 e. The van der Waals surface area contributed by atoms with Crippen molar-refractivity contribution >= 4 is 45.2 Å². The molecule has 0 spiro atoms. The third kappa shape index (κ3) is 4.02. The molecule has 4 N–H and O–H groups in total. The van der Waals surface area contributed by atoms with Gasteiger partial charge in [0.2, 0.25) is 11.9 Å². The van der Waals surface area contributed by atoms with Crippen molar-refractivity contribution in [3.8, 4) is 5.69 Å². The molecule has 4 heterocycles. The minimum atomic E-state index is -0.482. The van der Waals surface area contributed by atoms with Crippen LogP contribution in [0.15, 0.2) is 30.7 Å². The van der Waals surface area contributed by atoms with Gasteiger partial charge in [-0.15, -0.1) is 0 Å². The zero-order chi connectivity index (χ0) is 20.4. The summed E-state index contributed by atoms with van der Waals surface area (Å²) in [4.78, 5) is 20.5. The molecule has 0 atom stereocenters. The molecule has 0 aliphatic carbocycles. The van der Waals surface area contributed by atoms with Crippen LogP contribution in [0.25, 0.3) is 16.7 Å². The third-order valence-electron chi connectivity index (χ3n) is 4.13. The second-order valence-electron chi connectivity index (χ2n) is 6.36. The maximum absolute atomic E-state index is 11.3. The molecule has 1 amide bonds. The van der Waals surface area contributed by atoms with E-state index in [0.29, 0.717) is 11.8 Å². The first-order valence-corrected chi connectivity index (χ1v) is 9.56. The molecule has 0 fully saturated rings. The number of carbonyl (C=O) groups is 1. The molecule has 29 heavy (non-hydrogen) atoms. The normalized spacial score (nSPS) is 11.0. The highest BCUT2D eigenvalue weighted by Crippen LogP contribution is 2.28. The van der Waals surface area contributed by atoms with Gasteiger partial charge in [0.1, 0.15) is 10.5 Å². The lowest BCUT2D eigenvalue weighted by atomic mass is 10.3. The number of nitrogens with zero attached hydrogens (tertiary/aromatic N) is 6.